The highest BCUT2D eigenvalue weighted by Crippen LogP contribution is 2.41. The van der Waals surface area contributed by atoms with Gasteiger partial charge in [0.2, 0.25) is 0 Å². The van der Waals surface area contributed by atoms with Gasteiger partial charge in [-0.2, -0.15) is 0 Å². The Morgan fingerprint density at radius 2 is 2.28 bits per heavy atom. The van der Waals surface area contributed by atoms with Crippen LogP contribution in [0.3, 0.4) is 0 Å². The predicted octanol–water partition coefficient (Wildman–Crippen LogP) is 2.86. The molecule has 1 atom stereocenters. The van der Waals surface area contributed by atoms with Crippen LogP contribution in [0.4, 0.5) is 4.39 Å². The van der Waals surface area contributed by atoms with Gasteiger partial charge in [-0.3, -0.25) is 0 Å². The maximum absolute atomic E-state index is 14.1. The van der Waals surface area contributed by atoms with Gasteiger partial charge >= 0.3 is 0 Å². The van der Waals surface area contributed by atoms with Crippen molar-refractivity contribution < 1.29 is 9.13 Å². The Kier molecular flexibility index (Phi) is 3.43. The molecule has 2 fully saturated rings. The van der Waals surface area contributed by atoms with Crippen LogP contribution >= 0.6 is 15.9 Å². The molecular formula is C14H17BrFNO. The van der Waals surface area contributed by atoms with E-state index in [0.29, 0.717) is 19.1 Å². The van der Waals surface area contributed by atoms with Crippen molar-refractivity contribution >= 4 is 15.9 Å². The monoisotopic (exact) mass is 313 g/mol. The van der Waals surface area contributed by atoms with Crippen molar-refractivity contribution in [1.29, 1.82) is 0 Å². The first-order chi connectivity index (χ1) is 8.70. The second kappa shape index (κ2) is 4.91. The first-order valence-electron chi connectivity index (χ1n) is 6.44. The summed E-state index contributed by atoms with van der Waals surface area (Å²) < 4.78 is 20.4. The largest absolute Gasteiger partial charge is 0.379 e. The smallest absolute Gasteiger partial charge is 0.127 e. The van der Waals surface area contributed by atoms with Crippen LogP contribution in [-0.4, -0.2) is 26.3 Å². The zero-order valence-corrected chi connectivity index (χ0v) is 11.8. The van der Waals surface area contributed by atoms with E-state index >= 15 is 0 Å². The topological polar surface area (TPSA) is 21.3 Å². The Labute approximate surface area is 115 Å². The van der Waals surface area contributed by atoms with Crippen molar-refractivity contribution in [3.8, 4) is 0 Å². The van der Waals surface area contributed by atoms with Crippen LogP contribution in [0.5, 0.6) is 0 Å². The summed E-state index contributed by atoms with van der Waals surface area (Å²) in [6.45, 7) is 3.44. The third-order valence-corrected chi connectivity index (χ3v) is 4.59. The van der Waals surface area contributed by atoms with Gasteiger partial charge in [-0.25, -0.2) is 4.39 Å². The van der Waals surface area contributed by atoms with Crippen molar-refractivity contribution in [1.82, 2.24) is 5.32 Å². The number of rotatable bonds is 3. The first kappa shape index (κ1) is 12.6. The quantitative estimate of drug-likeness (QED) is 0.926. The summed E-state index contributed by atoms with van der Waals surface area (Å²) >= 11 is 3.43. The normalized spacial score (nSPS) is 26.0. The molecule has 1 unspecified atom stereocenters. The summed E-state index contributed by atoms with van der Waals surface area (Å²) in [6, 6.07) is 5.22. The molecule has 2 aliphatic rings. The lowest BCUT2D eigenvalue weighted by Gasteiger charge is -2.43. The van der Waals surface area contributed by atoms with Gasteiger partial charge in [0.15, 0.2) is 0 Å². The van der Waals surface area contributed by atoms with E-state index in [9.17, 15) is 4.39 Å². The van der Waals surface area contributed by atoms with Crippen LogP contribution < -0.4 is 5.32 Å². The highest BCUT2D eigenvalue weighted by atomic mass is 79.9. The maximum atomic E-state index is 14.1. The Bertz CT molecular complexity index is 441. The zero-order valence-electron chi connectivity index (χ0n) is 10.2. The molecule has 0 amide bonds. The van der Waals surface area contributed by atoms with E-state index in [2.05, 4.69) is 21.2 Å². The molecule has 1 aromatic carbocycles. The van der Waals surface area contributed by atoms with Crippen molar-refractivity contribution in [2.75, 3.05) is 26.3 Å². The van der Waals surface area contributed by atoms with Crippen LogP contribution in [0.1, 0.15) is 18.4 Å². The average molecular weight is 314 g/mol. The predicted molar refractivity (Wildman–Crippen MR) is 72.2 cm³/mol. The molecule has 3 rings (SSSR count). The van der Waals surface area contributed by atoms with Gasteiger partial charge in [0.25, 0.3) is 0 Å². The minimum Gasteiger partial charge on any atom is -0.379 e. The van der Waals surface area contributed by atoms with E-state index < -0.39 is 0 Å². The molecule has 0 radical (unpaired) electrons. The van der Waals surface area contributed by atoms with E-state index in [1.807, 2.05) is 6.07 Å². The number of hydrogen-bond acceptors (Lipinski definition) is 2. The fraction of sp³-hybridized carbons (Fsp3) is 0.571. The minimum absolute atomic E-state index is 0.104. The number of halogens is 2. The Morgan fingerprint density at radius 3 is 2.89 bits per heavy atom. The molecule has 4 heteroatoms. The summed E-state index contributed by atoms with van der Waals surface area (Å²) in [7, 11) is 0. The molecular weight excluding hydrogens is 297 g/mol. The fourth-order valence-corrected chi connectivity index (χ4v) is 3.44. The molecule has 2 aliphatic heterocycles. The third-order valence-electron chi connectivity index (χ3n) is 4.10. The molecule has 1 aromatic rings. The van der Waals surface area contributed by atoms with E-state index in [1.165, 1.54) is 6.42 Å². The third kappa shape index (κ3) is 2.22. The molecule has 0 aliphatic carbocycles. The average Bonchev–Trinajstić information content (AvgIpc) is 2.80. The molecule has 2 saturated heterocycles. The molecule has 0 aromatic heterocycles. The van der Waals surface area contributed by atoms with Crippen molar-refractivity contribution in [2.45, 2.75) is 18.3 Å². The maximum Gasteiger partial charge on any atom is 0.127 e. The van der Waals surface area contributed by atoms with E-state index in [0.717, 1.165) is 29.5 Å². The standard InChI is InChI=1S/C14H17BrFNO/c15-11-1-2-13(16)12(5-11)14(8-18-9-14)6-10-3-4-17-7-10/h1-2,5,10,17H,3-4,6-9H2. The van der Waals surface area contributed by atoms with Crippen LogP contribution in [0.2, 0.25) is 0 Å². The molecule has 98 valence electrons. The Morgan fingerprint density at radius 1 is 1.44 bits per heavy atom. The van der Waals surface area contributed by atoms with Crippen LogP contribution in [0, 0.1) is 11.7 Å². The lowest BCUT2D eigenvalue weighted by atomic mass is 9.72. The molecule has 0 spiro atoms. The van der Waals surface area contributed by atoms with Crippen LogP contribution in [0.25, 0.3) is 0 Å². The van der Waals surface area contributed by atoms with Gasteiger partial charge in [0.05, 0.1) is 13.2 Å². The summed E-state index contributed by atoms with van der Waals surface area (Å²) in [5, 5.41) is 3.38. The molecule has 0 bridgehead atoms. The second-order valence-electron chi connectivity index (χ2n) is 5.46. The van der Waals surface area contributed by atoms with Gasteiger partial charge in [0, 0.05) is 9.89 Å². The number of nitrogens with one attached hydrogen (secondary N) is 1. The van der Waals surface area contributed by atoms with Gasteiger partial charge in [-0.05, 0) is 55.6 Å². The summed E-state index contributed by atoms with van der Waals surface area (Å²) in [6.07, 6.45) is 2.21. The highest BCUT2D eigenvalue weighted by Gasteiger charge is 2.44. The lowest BCUT2D eigenvalue weighted by molar-refractivity contribution is -0.0721. The summed E-state index contributed by atoms with van der Waals surface area (Å²) in [5.41, 5.74) is 0.708. The van der Waals surface area contributed by atoms with Crippen molar-refractivity contribution in [3.63, 3.8) is 0 Å². The first-order valence-corrected chi connectivity index (χ1v) is 7.23. The molecule has 1 N–H and O–H groups in total. The zero-order chi connectivity index (χ0) is 12.6. The van der Waals surface area contributed by atoms with Gasteiger partial charge in [-0.15, -0.1) is 0 Å². The SMILES string of the molecule is Fc1ccc(Br)cc1C1(CC2CCNC2)COC1. The van der Waals surface area contributed by atoms with E-state index in [-0.39, 0.29) is 11.2 Å². The fourth-order valence-electron chi connectivity index (χ4n) is 3.08. The molecule has 18 heavy (non-hydrogen) atoms. The highest BCUT2D eigenvalue weighted by molar-refractivity contribution is 9.10. The number of hydrogen-bond donors (Lipinski definition) is 1. The van der Waals surface area contributed by atoms with Gasteiger partial charge in [-0.1, -0.05) is 15.9 Å². The van der Waals surface area contributed by atoms with E-state index in [1.54, 1.807) is 12.1 Å². The number of ether oxygens (including phenoxy) is 1. The van der Waals surface area contributed by atoms with Crippen LogP contribution in [0.15, 0.2) is 22.7 Å². The number of benzene rings is 1. The molecule has 0 saturated carbocycles. The second-order valence-corrected chi connectivity index (χ2v) is 6.38. The Hall–Kier alpha value is -0.450. The van der Waals surface area contributed by atoms with Crippen molar-refractivity contribution in [3.05, 3.63) is 34.1 Å². The Balaban J connectivity index is 1.87. The van der Waals surface area contributed by atoms with E-state index in [4.69, 9.17) is 4.74 Å². The molecule has 2 nitrogen and oxygen atoms in total. The van der Waals surface area contributed by atoms with Crippen molar-refractivity contribution in [2.24, 2.45) is 5.92 Å². The lowest BCUT2D eigenvalue weighted by Crippen LogP contribution is -2.48. The summed E-state index contributed by atoms with van der Waals surface area (Å²) in [4.78, 5) is 0. The minimum atomic E-state index is -0.107. The van der Waals surface area contributed by atoms with Gasteiger partial charge in [0.1, 0.15) is 5.82 Å². The van der Waals surface area contributed by atoms with Gasteiger partial charge < -0.3 is 10.1 Å². The van der Waals surface area contributed by atoms with Crippen LogP contribution in [-0.2, 0) is 10.2 Å². The summed E-state index contributed by atoms with van der Waals surface area (Å²) in [5.74, 6) is 0.541. The molecule has 2 heterocycles.